The number of nitrogens with zero attached hydrogens (tertiary/aromatic N) is 4. The van der Waals surface area contributed by atoms with Crippen molar-refractivity contribution in [2.24, 2.45) is 5.92 Å². The van der Waals surface area contributed by atoms with Gasteiger partial charge in [0.15, 0.2) is 5.82 Å². The Bertz CT molecular complexity index is 524. The van der Waals surface area contributed by atoms with Gasteiger partial charge in [0.05, 0.1) is 0 Å². The fourth-order valence-corrected chi connectivity index (χ4v) is 1.52. The van der Waals surface area contributed by atoms with Crippen molar-refractivity contribution < 1.29 is 9.90 Å². The maximum absolute atomic E-state index is 10.5. The van der Waals surface area contributed by atoms with Crippen LogP contribution in [0.2, 0.25) is 0 Å². The first-order valence-corrected chi connectivity index (χ1v) is 5.27. The summed E-state index contributed by atoms with van der Waals surface area (Å²) in [5, 5.41) is 19.4. The number of fused-ring (bicyclic) bond motifs is 1. The van der Waals surface area contributed by atoms with Gasteiger partial charge in [-0.1, -0.05) is 6.92 Å². The Morgan fingerprint density at radius 1 is 1.65 bits per heavy atom. The van der Waals surface area contributed by atoms with Crippen LogP contribution in [0.25, 0.3) is 5.65 Å². The fourth-order valence-electron chi connectivity index (χ4n) is 1.52. The zero-order valence-corrected chi connectivity index (χ0v) is 9.37. The SMILES string of the molecule is CC(CNc1nccn2cnnc12)CC(=O)O. The maximum Gasteiger partial charge on any atom is 0.303 e. The number of hydrogen-bond acceptors (Lipinski definition) is 5. The minimum atomic E-state index is -0.798. The molecular formula is C10H13N5O2. The van der Waals surface area contributed by atoms with Gasteiger partial charge in [-0.2, -0.15) is 0 Å². The molecule has 0 fully saturated rings. The highest BCUT2D eigenvalue weighted by Gasteiger charge is 2.09. The van der Waals surface area contributed by atoms with Crippen LogP contribution >= 0.6 is 0 Å². The molecule has 0 spiro atoms. The highest BCUT2D eigenvalue weighted by Crippen LogP contribution is 2.11. The van der Waals surface area contributed by atoms with E-state index in [0.717, 1.165) is 0 Å². The van der Waals surface area contributed by atoms with Gasteiger partial charge in [-0.05, 0) is 5.92 Å². The van der Waals surface area contributed by atoms with Crippen molar-refractivity contribution in [2.75, 3.05) is 11.9 Å². The molecule has 1 unspecified atom stereocenters. The summed E-state index contributed by atoms with van der Waals surface area (Å²) >= 11 is 0. The molecule has 0 aliphatic rings. The second-order valence-corrected chi connectivity index (χ2v) is 3.92. The van der Waals surface area contributed by atoms with E-state index in [2.05, 4.69) is 20.5 Å². The molecule has 90 valence electrons. The molecule has 0 amide bonds. The van der Waals surface area contributed by atoms with Gasteiger partial charge in [0.1, 0.15) is 6.33 Å². The smallest absolute Gasteiger partial charge is 0.303 e. The lowest BCUT2D eigenvalue weighted by atomic mass is 10.1. The van der Waals surface area contributed by atoms with E-state index in [0.29, 0.717) is 18.0 Å². The zero-order valence-electron chi connectivity index (χ0n) is 9.37. The Morgan fingerprint density at radius 3 is 3.24 bits per heavy atom. The number of aromatic nitrogens is 4. The van der Waals surface area contributed by atoms with Crippen molar-refractivity contribution in [3.8, 4) is 0 Å². The summed E-state index contributed by atoms with van der Waals surface area (Å²) in [6, 6.07) is 0. The number of carboxylic acids is 1. The number of anilines is 1. The summed E-state index contributed by atoms with van der Waals surface area (Å²) in [4.78, 5) is 14.7. The van der Waals surface area contributed by atoms with Gasteiger partial charge >= 0.3 is 5.97 Å². The van der Waals surface area contributed by atoms with Gasteiger partial charge in [0.25, 0.3) is 0 Å². The van der Waals surface area contributed by atoms with Gasteiger partial charge in [0.2, 0.25) is 5.65 Å². The summed E-state index contributed by atoms with van der Waals surface area (Å²) in [5.74, 6) is -0.160. The first-order valence-electron chi connectivity index (χ1n) is 5.27. The average molecular weight is 235 g/mol. The molecule has 0 saturated heterocycles. The highest BCUT2D eigenvalue weighted by atomic mass is 16.4. The molecule has 0 aromatic carbocycles. The maximum atomic E-state index is 10.5. The summed E-state index contributed by atoms with van der Waals surface area (Å²) in [5.41, 5.74) is 0.634. The Labute approximate surface area is 97.5 Å². The molecule has 0 radical (unpaired) electrons. The van der Waals surface area contributed by atoms with Crippen molar-refractivity contribution >= 4 is 17.4 Å². The molecule has 2 aromatic heterocycles. The van der Waals surface area contributed by atoms with Crippen LogP contribution in [0.5, 0.6) is 0 Å². The lowest BCUT2D eigenvalue weighted by molar-refractivity contribution is -0.137. The number of nitrogens with one attached hydrogen (secondary N) is 1. The van der Waals surface area contributed by atoms with Crippen molar-refractivity contribution in [3.63, 3.8) is 0 Å². The Balaban J connectivity index is 2.03. The first kappa shape index (κ1) is 11.3. The van der Waals surface area contributed by atoms with Crippen molar-refractivity contribution in [3.05, 3.63) is 18.7 Å². The molecular weight excluding hydrogens is 222 g/mol. The van der Waals surface area contributed by atoms with E-state index in [1.807, 2.05) is 6.92 Å². The third-order valence-electron chi connectivity index (χ3n) is 2.36. The summed E-state index contributed by atoms with van der Waals surface area (Å²) in [6.07, 6.45) is 5.10. The van der Waals surface area contributed by atoms with E-state index in [1.165, 1.54) is 0 Å². The Hall–Kier alpha value is -2.18. The molecule has 2 aromatic rings. The molecule has 0 aliphatic heterocycles. The van der Waals surface area contributed by atoms with Crippen molar-refractivity contribution in [2.45, 2.75) is 13.3 Å². The second kappa shape index (κ2) is 4.77. The van der Waals surface area contributed by atoms with Gasteiger partial charge in [0, 0.05) is 25.4 Å². The van der Waals surface area contributed by atoms with E-state index in [-0.39, 0.29) is 12.3 Å². The number of aliphatic carboxylic acids is 1. The molecule has 2 heterocycles. The van der Waals surface area contributed by atoms with E-state index >= 15 is 0 Å². The van der Waals surface area contributed by atoms with Crippen molar-refractivity contribution in [1.82, 2.24) is 19.6 Å². The number of carboxylic acid groups (broad SMARTS) is 1. The van der Waals surface area contributed by atoms with Crippen LogP contribution in [0, 0.1) is 5.92 Å². The van der Waals surface area contributed by atoms with E-state index < -0.39 is 5.97 Å². The molecule has 0 aliphatic carbocycles. The highest BCUT2D eigenvalue weighted by molar-refractivity contribution is 5.67. The quantitative estimate of drug-likeness (QED) is 0.790. The second-order valence-electron chi connectivity index (χ2n) is 3.92. The van der Waals surface area contributed by atoms with Crippen LogP contribution in [0.15, 0.2) is 18.7 Å². The molecule has 7 heteroatoms. The summed E-state index contributed by atoms with van der Waals surface area (Å²) in [6.45, 7) is 2.40. The topological polar surface area (TPSA) is 92.4 Å². The van der Waals surface area contributed by atoms with Crippen LogP contribution in [0.3, 0.4) is 0 Å². The standard InChI is InChI=1S/C10H13N5O2/c1-7(4-8(16)17)5-12-9-10-14-13-6-15(10)3-2-11-9/h2-3,6-7H,4-5H2,1H3,(H,11,12)(H,16,17). The third kappa shape index (κ3) is 2.68. The van der Waals surface area contributed by atoms with Gasteiger partial charge in [-0.15, -0.1) is 10.2 Å². The molecule has 2 rings (SSSR count). The zero-order chi connectivity index (χ0) is 12.3. The summed E-state index contributed by atoms with van der Waals surface area (Å²) in [7, 11) is 0. The lowest BCUT2D eigenvalue weighted by Gasteiger charge is -2.10. The molecule has 0 saturated carbocycles. The normalized spacial score (nSPS) is 12.5. The number of hydrogen-bond donors (Lipinski definition) is 2. The molecule has 1 atom stereocenters. The number of carbonyl (C=O) groups is 1. The van der Waals surface area contributed by atoms with Crippen LogP contribution in [0.1, 0.15) is 13.3 Å². The van der Waals surface area contributed by atoms with Crippen LogP contribution in [0.4, 0.5) is 5.82 Å². The third-order valence-corrected chi connectivity index (χ3v) is 2.36. The van der Waals surface area contributed by atoms with Crippen LogP contribution in [-0.2, 0) is 4.79 Å². The van der Waals surface area contributed by atoms with Gasteiger partial charge < -0.3 is 10.4 Å². The van der Waals surface area contributed by atoms with Crippen molar-refractivity contribution in [1.29, 1.82) is 0 Å². The molecule has 7 nitrogen and oxygen atoms in total. The van der Waals surface area contributed by atoms with E-state index in [9.17, 15) is 4.79 Å². The van der Waals surface area contributed by atoms with E-state index in [4.69, 9.17) is 5.11 Å². The molecule has 17 heavy (non-hydrogen) atoms. The van der Waals surface area contributed by atoms with Gasteiger partial charge in [-0.3, -0.25) is 9.20 Å². The van der Waals surface area contributed by atoms with Crippen LogP contribution in [-0.4, -0.2) is 37.2 Å². The molecule has 0 bridgehead atoms. The molecule has 2 N–H and O–H groups in total. The Kier molecular flexibility index (Phi) is 3.17. The van der Waals surface area contributed by atoms with Crippen LogP contribution < -0.4 is 5.32 Å². The average Bonchev–Trinajstić information content (AvgIpc) is 2.73. The minimum absolute atomic E-state index is 0.0254. The number of rotatable bonds is 5. The predicted molar refractivity (Wildman–Crippen MR) is 60.7 cm³/mol. The predicted octanol–water partition coefficient (Wildman–Crippen LogP) is 0.647. The fraction of sp³-hybridized carbons (Fsp3) is 0.400. The van der Waals surface area contributed by atoms with E-state index in [1.54, 1.807) is 23.1 Å². The lowest BCUT2D eigenvalue weighted by Crippen LogP contribution is -2.16. The first-order chi connectivity index (χ1) is 8.16. The minimum Gasteiger partial charge on any atom is -0.481 e. The summed E-state index contributed by atoms with van der Waals surface area (Å²) < 4.78 is 1.75. The monoisotopic (exact) mass is 235 g/mol. The van der Waals surface area contributed by atoms with Gasteiger partial charge in [-0.25, -0.2) is 4.98 Å². The largest absolute Gasteiger partial charge is 0.481 e. The Morgan fingerprint density at radius 2 is 2.47 bits per heavy atom.